The summed E-state index contributed by atoms with van der Waals surface area (Å²) in [5.41, 5.74) is -0.690. The highest BCUT2D eigenvalue weighted by Crippen LogP contribution is 2.46. The Kier molecular flexibility index (Phi) is 4.28. The van der Waals surface area contributed by atoms with E-state index in [4.69, 9.17) is 14.2 Å². The first kappa shape index (κ1) is 17.2. The van der Waals surface area contributed by atoms with Gasteiger partial charge in [0.15, 0.2) is 6.23 Å². The summed E-state index contributed by atoms with van der Waals surface area (Å²) in [5, 5.41) is 9.91. The van der Waals surface area contributed by atoms with Crippen LogP contribution in [0.2, 0.25) is 0 Å². The Hall–Kier alpha value is -2.26. The highest BCUT2D eigenvalue weighted by atomic mass is 16.7. The SMILES string of the molecule is Cc1cn([C@@H]2O[C@@]3(CO)COC2[C@@H]3OCc2ccccc2)c(=O)[nH]c1=O. The van der Waals surface area contributed by atoms with Crippen LogP contribution in [0.3, 0.4) is 0 Å². The minimum Gasteiger partial charge on any atom is -0.393 e. The summed E-state index contributed by atoms with van der Waals surface area (Å²) in [4.78, 5) is 26.1. The lowest BCUT2D eigenvalue weighted by molar-refractivity contribution is -0.189. The molecular formula is C18H20N2O6. The zero-order valence-electron chi connectivity index (χ0n) is 14.3. The lowest BCUT2D eigenvalue weighted by atomic mass is 10.00. The topological polar surface area (TPSA) is 103 Å². The number of nitrogens with one attached hydrogen (secondary N) is 1. The second-order valence-corrected chi connectivity index (χ2v) is 6.70. The molecule has 2 aliphatic rings. The first-order chi connectivity index (χ1) is 12.5. The average molecular weight is 360 g/mol. The minimum absolute atomic E-state index is 0.182. The molecule has 8 nitrogen and oxygen atoms in total. The van der Waals surface area contributed by atoms with Crippen molar-refractivity contribution in [3.8, 4) is 0 Å². The van der Waals surface area contributed by atoms with Gasteiger partial charge in [-0.1, -0.05) is 30.3 Å². The molecule has 0 aliphatic carbocycles. The molecule has 2 fully saturated rings. The van der Waals surface area contributed by atoms with Gasteiger partial charge >= 0.3 is 5.69 Å². The number of aryl methyl sites for hydroxylation is 1. The zero-order valence-corrected chi connectivity index (χ0v) is 14.3. The number of nitrogens with zero attached hydrogens (tertiary/aromatic N) is 1. The molecule has 8 heteroatoms. The molecule has 0 saturated carbocycles. The maximum absolute atomic E-state index is 12.2. The number of aliphatic hydroxyl groups is 1. The fraction of sp³-hybridized carbons (Fsp3) is 0.444. The Bertz CT molecular complexity index is 908. The summed E-state index contributed by atoms with van der Waals surface area (Å²) in [6.45, 7) is 1.83. The lowest BCUT2D eigenvalue weighted by Crippen LogP contribution is -2.45. The van der Waals surface area contributed by atoms with E-state index >= 15 is 0 Å². The number of rotatable bonds is 5. The van der Waals surface area contributed by atoms with E-state index < -0.39 is 35.3 Å². The van der Waals surface area contributed by atoms with Gasteiger partial charge in [0, 0.05) is 11.8 Å². The molecule has 2 N–H and O–H groups in total. The van der Waals surface area contributed by atoms with Crippen molar-refractivity contribution in [2.24, 2.45) is 0 Å². The third-order valence-corrected chi connectivity index (χ3v) is 4.93. The molecular weight excluding hydrogens is 340 g/mol. The van der Waals surface area contributed by atoms with Crippen LogP contribution >= 0.6 is 0 Å². The molecule has 138 valence electrons. The van der Waals surface area contributed by atoms with Gasteiger partial charge < -0.3 is 19.3 Å². The standard InChI is InChI=1S/C18H20N2O6/c1-11-7-20(17(23)19-15(11)22)16-13-14(18(9-21,26-16)10-25-13)24-8-12-5-3-2-4-6-12/h2-7,13-14,16,21H,8-10H2,1H3,(H,19,22,23)/t13?,14-,16+,18-/m0/s1. The Balaban J connectivity index is 1.62. The maximum Gasteiger partial charge on any atom is 0.330 e. The van der Waals surface area contributed by atoms with E-state index in [1.54, 1.807) is 6.92 Å². The van der Waals surface area contributed by atoms with E-state index in [0.29, 0.717) is 12.2 Å². The van der Waals surface area contributed by atoms with E-state index in [2.05, 4.69) is 4.98 Å². The molecule has 4 atom stereocenters. The van der Waals surface area contributed by atoms with Crippen molar-refractivity contribution < 1.29 is 19.3 Å². The van der Waals surface area contributed by atoms with Gasteiger partial charge in [-0.25, -0.2) is 4.79 Å². The van der Waals surface area contributed by atoms with Crippen LogP contribution in [-0.4, -0.2) is 45.7 Å². The van der Waals surface area contributed by atoms with Crippen LogP contribution in [0.5, 0.6) is 0 Å². The van der Waals surface area contributed by atoms with Crippen LogP contribution in [0.1, 0.15) is 17.4 Å². The third kappa shape index (κ3) is 2.71. The fourth-order valence-electron chi connectivity index (χ4n) is 3.52. The monoisotopic (exact) mass is 360 g/mol. The van der Waals surface area contributed by atoms with E-state index in [0.717, 1.165) is 5.56 Å². The maximum atomic E-state index is 12.2. The molecule has 26 heavy (non-hydrogen) atoms. The molecule has 2 saturated heterocycles. The van der Waals surface area contributed by atoms with Gasteiger partial charge in [0.1, 0.15) is 17.8 Å². The first-order valence-electron chi connectivity index (χ1n) is 8.42. The van der Waals surface area contributed by atoms with Crippen LogP contribution in [0, 0.1) is 6.92 Å². The van der Waals surface area contributed by atoms with Gasteiger partial charge in [-0.05, 0) is 12.5 Å². The van der Waals surface area contributed by atoms with Gasteiger partial charge in [0.05, 0.1) is 19.8 Å². The molecule has 0 radical (unpaired) electrons. The number of hydrogen-bond acceptors (Lipinski definition) is 6. The van der Waals surface area contributed by atoms with Crippen LogP contribution in [0.25, 0.3) is 0 Å². The minimum atomic E-state index is -1.03. The van der Waals surface area contributed by atoms with Crippen molar-refractivity contribution in [2.45, 2.75) is 37.6 Å². The summed E-state index contributed by atoms with van der Waals surface area (Å²) in [5.74, 6) is 0. The van der Waals surface area contributed by atoms with Crippen LogP contribution in [0.4, 0.5) is 0 Å². The number of H-pyrrole nitrogens is 1. The van der Waals surface area contributed by atoms with Crippen molar-refractivity contribution in [1.82, 2.24) is 9.55 Å². The molecule has 1 aromatic heterocycles. The Labute approximate surface area is 149 Å². The smallest absolute Gasteiger partial charge is 0.330 e. The van der Waals surface area contributed by atoms with Gasteiger partial charge in [0.2, 0.25) is 0 Å². The molecule has 0 amide bonds. The molecule has 1 aromatic carbocycles. The van der Waals surface area contributed by atoms with Gasteiger partial charge in [-0.15, -0.1) is 0 Å². The van der Waals surface area contributed by atoms with Crippen LogP contribution in [-0.2, 0) is 20.8 Å². The molecule has 2 bridgehead atoms. The summed E-state index contributed by atoms with van der Waals surface area (Å²) in [6, 6.07) is 9.64. The fourth-order valence-corrected chi connectivity index (χ4v) is 3.52. The second kappa shape index (κ2) is 6.48. The Morgan fingerprint density at radius 2 is 2.12 bits per heavy atom. The highest BCUT2D eigenvalue weighted by molar-refractivity contribution is 5.15. The van der Waals surface area contributed by atoms with E-state index in [1.807, 2.05) is 30.3 Å². The lowest BCUT2D eigenvalue weighted by Gasteiger charge is -2.30. The van der Waals surface area contributed by atoms with Crippen molar-refractivity contribution >= 4 is 0 Å². The molecule has 1 unspecified atom stereocenters. The molecule has 2 aromatic rings. The number of benzene rings is 1. The summed E-state index contributed by atoms with van der Waals surface area (Å²) >= 11 is 0. The largest absolute Gasteiger partial charge is 0.393 e. The van der Waals surface area contributed by atoms with Gasteiger partial charge in [-0.3, -0.25) is 14.3 Å². The normalized spacial score (nSPS) is 30.0. The van der Waals surface area contributed by atoms with Crippen molar-refractivity contribution in [3.05, 3.63) is 68.5 Å². The van der Waals surface area contributed by atoms with E-state index in [1.165, 1.54) is 10.8 Å². The number of hydrogen-bond donors (Lipinski definition) is 2. The van der Waals surface area contributed by atoms with Gasteiger partial charge in [0.25, 0.3) is 5.56 Å². The number of ether oxygens (including phenoxy) is 3. The first-order valence-corrected chi connectivity index (χ1v) is 8.42. The van der Waals surface area contributed by atoms with Crippen molar-refractivity contribution in [3.63, 3.8) is 0 Å². The number of fused-ring (bicyclic) bond motifs is 2. The quantitative estimate of drug-likeness (QED) is 0.783. The number of aromatic nitrogens is 2. The summed E-state index contributed by atoms with van der Waals surface area (Å²) in [6.07, 6.45) is -0.430. The number of aliphatic hydroxyl groups excluding tert-OH is 1. The van der Waals surface area contributed by atoms with Gasteiger partial charge in [-0.2, -0.15) is 0 Å². The highest BCUT2D eigenvalue weighted by Gasteiger charge is 2.63. The average Bonchev–Trinajstić information content (AvgIpc) is 3.16. The van der Waals surface area contributed by atoms with E-state index in [-0.39, 0.29) is 13.2 Å². The molecule has 0 spiro atoms. The zero-order chi connectivity index (χ0) is 18.3. The van der Waals surface area contributed by atoms with Crippen LogP contribution < -0.4 is 11.2 Å². The van der Waals surface area contributed by atoms with Crippen LogP contribution in [0.15, 0.2) is 46.1 Å². The van der Waals surface area contributed by atoms with Crippen molar-refractivity contribution in [2.75, 3.05) is 13.2 Å². The molecule has 2 aliphatic heterocycles. The Morgan fingerprint density at radius 1 is 1.35 bits per heavy atom. The third-order valence-electron chi connectivity index (χ3n) is 4.93. The summed E-state index contributed by atoms with van der Waals surface area (Å²) < 4.78 is 19.1. The molecule has 4 rings (SSSR count). The summed E-state index contributed by atoms with van der Waals surface area (Å²) in [7, 11) is 0. The van der Waals surface area contributed by atoms with E-state index in [9.17, 15) is 14.7 Å². The second-order valence-electron chi connectivity index (χ2n) is 6.70. The Morgan fingerprint density at radius 3 is 2.85 bits per heavy atom. The molecule has 3 heterocycles. The van der Waals surface area contributed by atoms with Crippen molar-refractivity contribution in [1.29, 1.82) is 0 Å². The predicted octanol–water partition coefficient (Wildman–Crippen LogP) is 0.0891. The predicted molar refractivity (Wildman–Crippen MR) is 90.8 cm³/mol. The number of aromatic amines is 1.